The maximum absolute atomic E-state index is 12.8. The van der Waals surface area contributed by atoms with Crippen LogP contribution in [-0.4, -0.2) is 38.4 Å². The van der Waals surface area contributed by atoms with E-state index in [9.17, 15) is 8.42 Å². The van der Waals surface area contributed by atoms with Crippen LogP contribution in [0.15, 0.2) is 23.1 Å². The minimum Gasteiger partial charge on any atom is -0.314 e. The van der Waals surface area contributed by atoms with Crippen LogP contribution in [0.4, 0.5) is 0 Å². The molecule has 0 bridgehead atoms. The van der Waals surface area contributed by atoms with Crippen molar-refractivity contribution in [3.8, 4) is 0 Å². The zero-order valence-corrected chi connectivity index (χ0v) is 14.2. The van der Waals surface area contributed by atoms with Gasteiger partial charge in [0.1, 0.15) is 0 Å². The van der Waals surface area contributed by atoms with Crippen molar-refractivity contribution >= 4 is 10.0 Å². The molecule has 2 atom stereocenters. The number of rotatable bonds is 4. The number of nitrogens with one attached hydrogen (secondary N) is 1. The molecule has 21 heavy (non-hydrogen) atoms. The first-order chi connectivity index (χ1) is 9.86. The van der Waals surface area contributed by atoms with Crippen molar-refractivity contribution in [1.82, 2.24) is 9.62 Å². The van der Waals surface area contributed by atoms with Crippen molar-refractivity contribution in [2.24, 2.45) is 5.92 Å². The summed E-state index contributed by atoms with van der Waals surface area (Å²) in [5.41, 5.74) is 1.92. The molecule has 2 rings (SSSR count). The van der Waals surface area contributed by atoms with E-state index in [1.807, 2.05) is 26.0 Å². The van der Waals surface area contributed by atoms with Crippen molar-refractivity contribution in [1.29, 1.82) is 0 Å². The third kappa shape index (κ3) is 3.47. The van der Waals surface area contributed by atoms with Gasteiger partial charge in [0.15, 0.2) is 0 Å². The molecule has 0 aromatic heterocycles. The molecule has 1 aromatic rings. The number of benzene rings is 1. The van der Waals surface area contributed by atoms with Crippen LogP contribution in [0.5, 0.6) is 0 Å². The van der Waals surface area contributed by atoms with Gasteiger partial charge >= 0.3 is 0 Å². The van der Waals surface area contributed by atoms with E-state index in [-0.39, 0.29) is 0 Å². The summed E-state index contributed by atoms with van der Waals surface area (Å²) in [6, 6.07) is 5.96. The predicted molar refractivity (Wildman–Crippen MR) is 85.9 cm³/mol. The zero-order chi connectivity index (χ0) is 15.6. The van der Waals surface area contributed by atoms with Gasteiger partial charge in [-0.1, -0.05) is 31.5 Å². The Labute approximate surface area is 128 Å². The second-order valence-electron chi connectivity index (χ2n) is 6.06. The highest BCUT2D eigenvalue weighted by Gasteiger charge is 2.33. The molecule has 0 saturated carbocycles. The molecule has 1 N–H and O–H groups in total. The van der Waals surface area contributed by atoms with E-state index in [0.717, 1.165) is 24.1 Å². The van der Waals surface area contributed by atoms with Gasteiger partial charge < -0.3 is 5.32 Å². The molecule has 1 aliphatic rings. The minimum atomic E-state index is -3.38. The molecule has 1 aliphatic heterocycles. The second kappa shape index (κ2) is 6.46. The predicted octanol–water partition coefficient (Wildman–Crippen LogP) is 2.31. The summed E-state index contributed by atoms with van der Waals surface area (Å²) in [6.07, 6.45) is 0.874. The van der Waals surface area contributed by atoms with Crippen LogP contribution in [-0.2, 0) is 10.0 Å². The van der Waals surface area contributed by atoms with E-state index in [1.165, 1.54) is 0 Å². The fourth-order valence-electron chi connectivity index (χ4n) is 3.12. The standard InChI is InChI=1S/C16H26N2O2S/c1-5-17-15-8-9-18(11-14(15)4)21(19,20)16-7-6-12(2)10-13(16)3/h6-7,10,14-15,17H,5,8-9,11H2,1-4H3. The lowest BCUT2D eigenvalue weighted by Gasteiger charge is -2.36. The van der Waals surface area contributed by atoms with E-state index in [1.54, 1.807) is 10.4 Å². The molecule has 2 unspecified atom stereocenters. The Bertz CT molecular complexity index is 598. The molecule has 0 radical (unpaired) electrons. The van der Waals surface area contributed by atoms with Gasteiger partial charge in [-0.3, -0.25) is 0 Å². The van der Waals surface area contributed by atoms with E-state index in [0.29, 0.717) is 29.9 Å². The lowest BCUT2D eigenvalue weighted by Crippen LogP contribution is -2.50. The van der Waals surface area contributed by atoms with Crippen molar-refractivity contribution < 1.29 is 8.42 Å². The molecule has 4 nitrogen and oxygen atoms in total. The Morgan fingerprint density at radius 1 is 1.33 bits per heavy atom. The summed E-state index contributed by atoms with van der Waals surface area (Å²) in [7, 11) is -3.38. The van der Waals surface area contributed by atoms with Gasteiger partial charge in [0, 0.05) is 19.1 Å². The van der Waals surface area contributed by atoms with Gasteiger partial charge in [-0.2, -0.15) is 4.31 Å². The summed E-state index contributed by atoms with van der Waals surface area (Å²) in [5.74, 6) is 0.333. The Morgan fingerprint density at radius 2 is 2.05 bits per heavy atom. The van der Waals surface area contributed by atoms with Gasteiger partial charge in [0.2, 0.25) is 10.0 Å². The van der Waals surface area contributed by atoms with Crippen molar-refractivity contribution in [3.05, 3.63) is 29.3 Å². The van der Waals surface area contributed by atoms with Crippen molar-refractivity contribution in [2.45, 2.75) is 45.1 Å². The number of sulfonamides is 1. The highest BCUT2D eigenvalue weighted by molar-refractivity contribution is 7.89. The van der Waals surface area contributed by atoms with Crippen molar-refractivity contribution in [3.63, 3.8) is 0 Å². The summed E-state index contributed by atoms with van der Waals surface area (Å²) in [6.45, 7) is 10.2. The first-order valence-corrected chi connectivity index (χ1v) is 9.11. The maximum atomic E-state index is 12.8. The molecule has 1 saturated heterocycles. The van der Waals surface area contributed by atoms with Crippen LogP contribution >= 0.6 is 0 Å². The lowest BCUT2D eigenvalue weighted by molar-refractivity contribution is 0.222. The molecular weight excluding hydrogens is 284 g/mol. The van der Waals surface area contributed by atoms with Crippen LogP contribution < -0.4 is 5.32 Å². The van der Waals surface area contributed by atoms with Crippen LogP contribution in [0.25, 0.3) is 0 Å². The largest absolute Gasteiger partial charge is 0.314 e. The van der Waals surface area contributed by atoms with E-state index >= 15 is 0 Å². The molecule has 1 fully saturated rings. The summed E-state index contributed by atoms with van der Waals surface area (Å²) >= 11 is 0. The number of hydrogen-bond donors (Lipinski definition) is 1. The zero-order valence-electron chi connectivity index (χ0n) is 13.4. The molecule has 1 aromatic carbocycles. The summed E-state index contributed by atoms with van der Waals surface area (Å²) in [4.78, 5) is 0.446. The fourth-order valence-corrected chi connectivity index (χ4v) is 4.88. The Hall–Kier alpha value is -0.910. The van der Waals surface area contributed by atoms with E-state index in [4.69, 9.17) is 0 Å². The average molecular weight is 310 g/mol. The Balaban J connectivity index is 2.21. The van der Waals surface area contributed by atoms with Gasteiger partial charge in [-0.25, -0.2) is 8.42 Å². The molecule has 1 heterocycles. The summed E-state index contributed by atoms with van der Waals surface area (Å²) < 4.78 is 27.3. The van der Waals surface area contributed by atoms with Crippen molar-refractivity contribution in [2.75, 3.05) is 19.6 Å². The molecule has 0 spiro atoms. The Kier molecular flexibility index (Phi) is 5.07. The smallest absolute Gasteiger partial charge is 0.243 e. The van der Waals surface area contributed by atoms with Crippen LogP contribution in [0.1, 0.15) is 31.4 Å². The molecule has 5 heteroatoms. The maximum Gasteiger partial charge on any atom is 0.243 e. The van der Waals surface area contributed by atoms with E-state index < -0.39 is 10.0 Å². The first kappa shape index (κ1) is 16.5. The molecular formula is C16H26N2O2S. The third-order valence-corrected chi connectivity index (χ3v) is 6.31. The fraction of sp³-hybridized carbons (Fsp3) is 0.625. The van der Waals surface area contributed by atoms with Crippen LogP contribution in [0.3, 0.4) is 0 Å². The molecule has 0 amide bonds. The number of hydrogen-bond acceptors (Lipinski definition) is 3. The SMILES string of the molecule is CCNC1CCN(S(=O)(=O)c2ccc(C)cc2C)CC1C. The average Bonchev–Trinajstić information content (AvgIpc) is 2.40. The summed E-state index contributed by atoms with van der Waals surface area (Å²) in [5, 5.41) is 3.44. The van der Waals surface area contributed by atoms with Gasteiger partial charge in [-0.15, -0.1) is 0 Å². The monoisotopic (exact) mass is 310 g/mol. The second-order valence-corrected chi connectivity index (χ2v) is 7.97. The third-order valence-electron chi connectivity index (χ3n) is 4.28. The number of piperidine rings is 1. The van der Waals surface area contributed by atoms with E-state index in [2.05, 4.69) is 19.2 Å². The lowest BCUT2D eigenvalue weighted by atomic mass is 9.95. The first-order valence-electron chi connectivity index (χ1n) is 7.67. The highest BCUT2D eigenvalue weighted by Crippen LogP contribution is 2.26. The quantitative estimate of drug-likeness (QED) is 0.928. The number of nitrogens with zero attached hydrogens (tertiary/aromatic N) is 1. The molecule has 0 aliphatic carbocycles. The van der Waals surface area contributed by atoms with Gasteiger partial charge in [-0.05, 0) is 44.4 Å². The minimum absolute atomic E-state index is 0.333. The molecule has 118 valence electrons. The van der Waals surface area contributed by atoms with Gasteiger partial charge in [0.25, 0.3) is 0 Å². The highest BCUT2D eigenvalue weighted by atomic mass is 32.2. The Morgan fingerprint density at radius 3 is 2.62 bits per heavy atom. The van der Waals surface area contributed by atoms with Crippen LogP contribution in [0, 0.1) is 19.8 Å². The number of aryl methyl sites for hydroxylation is 2. The van der Waals surface area contributed by atoms with Gasteiger partial charge in [0.05, 0.1) is 4.90 Å². The normalized spacial score (nSPS) is 24.2. The van der Waals surface area contributed by atoms with Crippen LogP contribution in [0.2, 0.25) is 0 Å². The topological polar surface area (TPSA) is 49.4 Å².